The van der Waals surface area contributed by atoms with E-state index in [1.165, 1.54) is 7.11 Å². The van der Waals surface area contributed by atoms with Crippen LogP contribution >= 0.6 is 0 Å². The summed E-state index contributed by atoms with van der Waals surface area (Å²) in [6.07, 6.45) is 0.437. The van der Waals surface area contributed by atoms with Crippen LogP contribution in [0.4, 0.5) is 0 Å². The van der Waals surface area contributed by atoms with Gasteiger partial charge in [-0.1, -0.05) is 26.0 Å². The van der Waals surface area contributed by atoms with E-state index < -0.39 is 42.0 Å². The van der Waals surface area contributed by atoms with Gasteiger partial charge in [0, 0.05) is 23.8 Å². The van der Waals surface area contributed by atoms with Crippen molar-refractivity contribution in [2.24, 2.45) is 23.7 Å². The van der Waals surface area contributed by atoms with E-state index in [4.69, 9.17) is 33.5 Å². The van der Waals surface area contributed by atoms with Gasteiger partial charge < -0.3 is 23.7 Å². The Kier molecular flexibility index (Phi) is 7.40. The Morgan fingerprint density at radius 3 is 2.53 bits per heavy atom. The number of carbonyl (C=O) groups is 2. The van der Waals surface area contributed by atoms with E-state index in [1.807, 2.05) is 19.9 Å². The topological polar surface area (TPSA) is 123 Å². The van der Waals surface area contributed by atoms with Crippen molar-refractivity contribution < 1.29 is 43.0 Å². The van der Waals surface area contributed by atoms with Gasteiger partial charge in [-0.05, 0) is 50.2 Å². The minimum absolute atomic E-state index is 0.0220. The number of nitriles is 1. The SMILES string of the molecule is COc1ccc(C(C#N)OC(=O)CCC(=O)O[C@@H]2O[C@@H]3O[C@]4(C)CCC5[C@H](C)CCC([C@H]2C)[C@]53OO4)cc1. The van der Waals surface area contributed by atoms with E-state index in [2.05, 4.69) is 6.92 Å². The maximum Gasteiger partial charge on any atom is 0.308 e. The summed E-state index contributed by atoms with van der Waals surface area (Å²) in [7, 11) is 1.54. The van der Waals surface area contributed by atoms with Crippen molar-refractivity contribution in [3.63, 3.8) is 0 Å². The van der Waals surface area contributed by atoms with Crippen LogP contribution in [0.5, 0.6) is 5.75 Å². The largest absolute Gasteiger partial charge is 0.497 e. The van der Waals surface area contributed by atoms with Crippen LogP contribution in [0.25, 0.3) is 0 Å². The Bertz CT molecular complexity index is 1090. The van der Waals surface area contributed by atoms with Crippen LogP contribution in [-0.4, -0.2) is 43.0 Å². The molecule has 4 saturated heterocycles. The highest BCUT2D eigenvalue weighted by Gasteiger charge is 2.69. The molecule has 3 unspecified atom stereocenters. The van der Waals surface area contributed by atoms with Crippen LogP contribution in [0.2, 0.25) is 0 Å². The predicted octanol–water partition coefficient (Wildman–Crippen LogP) is 4.33. The minimum Gasteiger partial charge on any atom is -0.497 e. The van der Waals surface area contributed by atoms with E-state index >= 15 is 0 Å². The number of carbonyl (C=O) groups excluding carboxylic acids is 2. The second-order valence-electron chi connectivity index (χ2n) is 11.0. The molecule has 10 nitrogen and oxygen atoms in total. The van der Waals surface area contributed by atoms with E-state index in [9.17, 15) is 14.9 Å². The van der Waals surface area contributed by atoms with Crippen LogP contribution in [0.1, 0.15) is 71.0 Å². The number of nitrogens with zero attached hydrogens (tertiary/aromatic N) is 1. The Hall–Kier alpha value is -2.71. The second kappa shape index (κ2) is 10.5. The molecule has 4 heterocycles. The minimum atomic E-state index is -1.09. The van der Waals surface area contributed by atoms with Crippen LogP contribution in [0, 0.1) is 35.0 Å². The molecule has 0 amide bonds. The standard InChI is InChI=1S/C28H35NO9/c1-16-5-10-21-17(2)25(35-26-28(21)20(16)13-14-27(3,36-26)37-38-28)34-24(31)12-11-23(30)33-22(15-29)18-6-8-19(32-4)9-7-18/h6-9,16-17,20-22,25-26H,5,10-14H2,1-4H3/t16-,17-,20?,21?,22?,25-,26-,27+,28-/m1/s1. The molecular formula is C28H35NO9. The fourth-order valence-electron chi connectivity index (χ4n) is 6.54. The first-order valence-corrected chi connectivity index (χ1v) is 13.3. The van der Waals surface area contributed by atoms with E-state index in [1.54, 1.807) is 24.3 Å². The van der Waals surface area contributed by atoms with Crippen molar-refractivity contribution in [3.8, 4) is 11.8 Å². The van der Waals surface area contributed by atoms with E-state index in [0.717, 1.165) is 19.3 Å². The lowest BCUT2D eigenvalue weighted by Crippen LogP contribution is -2.70. The maximum absolute atomic E-state index is 12.7. The molecule has 38 heavy (non-hydrogen) atoms. The van der Waals surface area contributed by atoms with Gasteiger partial charge in [-0.3, -0.25) is 9.59 Å². The van der Waals surface area contributed by atoms with Gasteiger partial charge in [0.05, 0.1) is 20.0 Å². The maximum atomic E-state index is 12.7. The summed E-state index contributed by atoms with van der Waals surface area (Å²) < 4.78 is 28.6. The molecule has 10 heteroatoms. The van der Waals surface area contributed by atoms with Crippen LogP contribution in [0.15, 0.2) is 24.3 Å². The lowest BCUT2D eigenvalue weighted by atomic mass is 9.58. The molecule has 0 N–H and O–H groups in total. The summed E-state index contributed by atoms with van der Waals surface area (Å²) in [4.78, 5) is 37.1. The summed E-state index contributed by atoms with van der Waals surface area (Å²) in [6, 6.07) is 8.61. The van der Waals surface area contributed by atoms with Gasteiger partial charge in [-0.15, -0.1) is 0 Å². The highest BCUT2D eigenvalue weighted by atomic mass is 17.3. The molecule has 5 aliphatic rings. The van der Waals surface area contributed by atoms with E-state index in [-0.39, 0.29) is 30.6 Å². The lowest BCUT2D eigenvalue weighted by Gasteiger charge is -2.59. The Labute approximate surface area is 222 Å². The average Bonchev–Trinajstić information content (AvgIpc) is 3.15. The van der Waals surface area contributed by atoms with Gasteiger partial charge >= 0.3 is 11.9 Å². The van der Waals surface area contributed by atoms with Crippen molar-refractivity contribution in [2.45, 2.75) is 89.4 Å². The lowest BCUT2D eigenvalue weighted by molar-refractivity contribution is -0.576. The first-order chi connectivity index (χ1) is 18.2. The van der Waals surface area contributed by atoms with Crippen molar-refractivity contribution in [2.75, 3.05) is 7.11 Å². The molecule has 2 bridgehead atoms. The first kappa shape index (κ1) is 26.9. The zero-order chi connectivity index (χ0) is 27.1. The van der Waals surface area contributed by atoms with Crippen molar-refractivity contribution in [3.05, 3.63) is 29.8 Å². The highest BCUT2D eigenvalue weighted by molar-refractivity contribution is 5.78. The fourth-order valence-corrected chi connectivity index (χ4v) is 6.54. The summed E-state index contributed by atoms with van der Waals surface area (Å²) in [6.45, 7) is 6.06. The zero-order valence-corrected chi connectivity index (χ0v) is 22.2. The van der Waals surface area contributed by atoms with Gasteiger partial charge in [0.25, 0.3) is 0 Å². The Balaban J connectivity index is 1.19. The third-order valence-corrected chi connectivity index (χ3v) is 8.66. The Morgan fingerprint density at radius 1 is 1.08 bits per heavy atom. The normalized spacial score (nSPS) is 38.2. The number of fused-ring (bicyclic) bond motifs is 2. The molecular weight excluding hydrogens is 494 g/mol. The summed E-state index contributed by atoms with van der Waals surface area (Å²) in [5.74, 6) is -1.06. The molecule has 1 aliphatic carbocycles. The number of hydrogen-bond donors (Lipinski definition) is 0. The molecule has 1 saturated carbocycles. The van der Waals surface area contributed by atoms with Crippen LogP contribution in [-0.2, 0) is 38.3 Å². The highest BCUT2D eigenvalue weighted by Crippen LogP contribution is 2.60. The Morgan fingerprint density at radius 2 is 1.82 bits per heavy atom. The number of methoxy groups -OCH3 is 1. The van der Waals surface area contributed by atoms with Gasteiger partial charge in [0.1, 0.15) is 11.8 Å². The molecule has 5 fully saturated rings. The number of esters is 2. The molecule has 206 valence electrons. The second-order valence-corrected chi connectivity index (χ2v) is 11.0. The third kappa shape index (κ3) is 4.77. The summed E-state index contributed by atoms with van der Waals surface area (Å²) in [5, 5.41) is 9.45. The number of ether oxygens (including phenoxy) is 5. The zero-order valence-electron chi connectivity index (χ0n) is 22.2. The fraction of sp³-hybridized carbons (Fsp3) is 0.679. The van der Waals surface area contributed by atoms with Crippen molar-refractivity contribution in [1.82, 2.24) is 0 Å². The average molecular weight is 530 g/mol. The van der Waals surface area contributed by atoms with Crippen LogP contribution in [0.3, 0.4) is 0 Å². The summed E-state index contributed by atoms with van der Waals surface area (Å²) >= 11 is 0. The van der Waals surface area contributed by atoms with Gasteiger partial charge in [-0.2, -0.15) is 5.26 Å². The molecule has 9 atom stereocenters. The smallest absolute Gasteiger partial charge is 0.308 e. The van der Waals surface area contributed by atoms with Crippen LogP contribution < -0.4 is 4.74 Å². The number of hydrogen-bond acceptors (Lipinski definition) is 10. The molecule has 1 aromatic rings. The van der Waals surface area contributed by atoms with Gasteiger partial charge in [0.15, 0.2) is 11.9 Å². The molecule has 1 aromatic carbocycles. The quantitative estimate of drug-likeness (QED) is 0.372. The molecule has 0 radical (unpaired) electrons. The molecule has 6 rings (SSSR count). The predicted molar refractivity (Wildman–Crippen MR) is 130 cm³/mol. The van der Waals surface area contributed by atoms with Crippen molar-refractivity contribution in [1.29, 1.82) is 5.26 Å². The number of benzene rings is 1. The molecule has 4 aliphatic heterocycles. The molecule has 1 spiro atoms. The summed E-state index contributed by atoms with van der Waals surface area (Å²) in [5.41, 5.74) is -0.228. The van der Waals surface area contributed by atoms with Crippen molar-refractivity contribution >= 4 is 11.9 Å². The van der Waals surface area contributed by atoms with Gasteiger partial charge in [-0.25, -0.2) is 9.78 Å². The van der Waals surface area contributed by atoms with Gasteiger partial charge in [0.2, 0.25) is 18.2 Å². The monoisotopic (exact) mass is 529 g/mol. The number of rotatable bonds is 7. The third-order valence-electron chi connectivity index (χ3n) is 8.66. The first-order valence-electron chi connectivity index (χ1n) is 13.3. The van der Waals surface area contributed by atoms with E-state index in [0.29, 0.717) is 23.7 Å². The molecule has 0 aromatic heterocycles.